The first-order valence-electron chi connectivity index (χ1n) is 12.2. The number of aromatic nitrogens is 4. The third kappa shape index (κ3) is 4.29. The molecule has 0 amide bonds. The zero-order valence-electron chi connectivity index (χ0n) is 19.3. The van der Waals surface area contributed by atoms with E-state index in [-0.39, 0.29) is 0 Å². The number of β-amino-alcohol motifs (C(OH)–C–C–N with tert-alkyl or cyclic N) is 1. The van der Waals surface area contributed by atoms with Crippen molar-refractivity contribution in [3.63, 3.8) is 0 Å². The molecule has 174 valence electrons. The van der Waals surface area contributed by atoms with Gasteiger partial charge in [-0.3, -0.25) is 4.90 Å². The van der Waals surface area contributed by atoms with Crippen LogP contribution in [0.5, 0.6) is 0 Å². The molecule has 0 saturated heterocycles. The zero-order chi connectivity index (χ0) is 22.9. The molecule has 1 aliphatic carbocycles. The monoisotopic (exact) mass is 454 g/mol. The number of pyridine rings is 1. The van der Waals surface area contributed by atoms with Crippen LogP contribution < -0.4 is 5.32 Å². The number of fused-ring (bicyclic) bond motifs is 2. The minimum Gasteiger partial charge on any atom is -0.390 e. The third-order valence-electron chi connectivity index (χ3n) is 7.14. The molecule has 7 heteroatoms. The van der Waals surface area contributed by atoms with Crippen molar-refractivity contribution < 1.29 is 5.11 Å². The number of benzene rings is 1. The van der Waals surface area contributed by atoms with Crippen molar-refractivity contribution in [3.8, 4) is 11.4 Å². The lowest BCUT2D eigenvalue weighted by Crippen LogP contribution is -2.39. The van der Waals surface area contributed by atoms with E-state index >= 15 is 0 Å². The molecule has 4 heterocycles. The molecule has 3 aromatic heterocycles. The van der Waals surface area contributed by atoms with Crippen molar-refractivity contribution in [3.05, 3.63) is 72.2 Å². The number of hydrogen-bond acceptors (Lipinski definition) is 6. The number of hydrogen-bond donors (Lipinski definition) is 2. The van der Waals surface area contributed by atoms with Crippen molar-refractivity contribution in [2.24, 2.45) is 0 Å². The van der Waals surface area contributed by atoms with E-state index in [4.69, 9.17) is 4.98 Å². The predicted molar refractivity (Wildman–Crippen MR) is 134 cm³/mol. The van der Waals surface area contributed by atoms with Crippen LogP contribution in [0.1, 0.15) is 36.4 Å². The average Bonchev–Trinajstić information content (AvgIpc) is 3.24. The molecule has 6 rings (SSSR count). The van der Waals surface area contributed by atoms with E-state index in [1.807, 2.05) is 18.3 Å². The number of anilines is 1. The molecule has 4 aromatic rings. The Balaban J connectivity index is 1.10. The van der Waals surface area contributed by atoms with Gasteiger partial charge in [0.1, 0.15) is 11.5 Å². The molecule has 7 nitrogen and oxygen atoms in total. The largest absolute Gasteiger partial charge is 0.390 e. The molecule has 0 radical (unpaired) electrons. The summed E-state index contributed by atoms with van der Waals surface area (Å²) < 4.78 is 2.29. The summed E-state index contributed by atoms with van der Waals surface area (Å²) in [6.07, 6.45) is 10.1. The second-order valence-electron chi connectivity index (χ2n) is 9.50. The second-order valence-corrected chi connectivity index (χ2v) is 9.50. The fraction of sp³-hybridized carbons (Fsp3) is 0.370. The van der Waals surface area contributed by atoms with E-state index in [9.17, 15) is 5.11 Å². The van der Waals surface area contributed by atoms with Crippen molar-refractivity contribution in [1.29, 1.82) is 0 Å². The highest BCUT2D eigenvalue weighted by atomic mass is 16.3. The van der Waals surface area contributed by atoms with Crippen LogP contribution in [0.2, 0.25) is 0 Å². The molecule has 0 spiro atoms. The van der Waals surface area contributed by atoms with Crippen LogP contribution in [0, 0.1) is 0 Å². The van der Waals surface area contributed by atoms with Gasteiger partial charge in [-0.1, -0.05) is 24.3 Å². The number of aliphatic hydroxyl groups is 1. The van der Waals surface area contributed by atoms with E-state index in [0.717, 1.165) is 41.9 Å². The summed E-state index contributed by atoms with van der Waals surface area (Å²) in [6, 6.07) is 15.1. The molecule has 0 bridgehead atoms. The maximum atomic E-state index is 10.6. The molecule has 2 aliphatic rings. The SMILES string of the molecule is OC(CNc1cc(-c2ncc3ccn(C4CCC4)c3n2)ccn1)CN1CCc2ccccc2C1. The molecule has 1 unspecified atom stereocenters. The Bertz CT molecular complexity index is 1300. The van der Waals surface area contributed by atoms with E-state index in [1.54, 1.807) is 6.20 Å². The van der Waals surface area contributed by atoms with Gasteiger partial charge in [0, 0.05) is 61.8 Å². The maximum Gasteiger partial charge on any atom is 0.161 e. The van der Waals surface area contributed by atoms with E-state index in [2.05, 4.69) is 61.3 Å². The van der Waals surface area contributed by atoms with Gasteiger partial charge in [-0.25, -0.2) is 15.0 Å². The molecule has 1 atom stereocenters. The molecule has 2 N–H and O–H groups in total. The van der Waals surface area contributed by atoms with E-state index in [0.29, 0.717) is 25.0 Å². The highest BCUT2D eigenvalue weighted by molar-refractivity contribution is 5.77. The standard InChI is InChI=1S/C27H30N6O/c34-24(18-32-12-9-19-4-1-2-5-22(19)17-32)16-29-25-14-20(8-11-28-25)26-30-15-21-10-13-33(27(21)31-26)23-6-3-7-23/h1-2,4-5,8,10-11,13-15,23-24,34H,3,6-7,9,12,16-18H2,(H,28,29). The number of aliphatic hydroxyl groups excluding tert-OH is 1. The first-order valence-corrected chi connectivity index (χ1v) is 12.2. The Morgan fingerprint density at radius 1 is 1.09 bits per heavy atom. The molecule has 1 saturated carbocycles. The highest BCUT2D eigenvalue weighted by Gasteiger charge is 2.22. The normalized spacial score (nSPS) is 17.3. The second kappa shape index (κ2) is 9.16. The summed E-state index contributed by atoms with van der Waals surface area (Å²) in [5.41, 5.74) is 4.71. The fourth-order valence-corrected chi connectivity index (χ4v) is 5.00. The van der Waals surface area contributed by atoms with Crippen LogP contribution in [-0.2, 0) is 13.0 Å². The van der Waals surface area contributed by atoms with Crippen molar-refractivity contribution in [1.82, 2.24) is 24.4 Å². The zero-order valence-corrected chi connectivity index (χ0v) is 19.3. The van der Waals surface area contributed by atoms with E-state index < -0.39 is 6.10 Å². The van der Waals surface area contributed by atoms with Gasteiger partial charge < -0.3 is 15.0 Å². The minimum atomic E-state index is -0.478. The van der Waals surface area contributed by atoms with Crippen LogP contribution in [0.15, 0.2) is 61.1 Å². The van der Waals surface area contributed by atoms with Crippen LogP contribution >= 0.6 is 0 Å². The molecule has 1 aromatic carbocycles. The Labute approximate surface area is 199 Å². The van der Waals surface area contributed by atoms with Crippen molar-refractivity contribution >= 4 is 16.9 Å². The summed E-state index contributed by atoms with van der Waals surface area (Å²) in [4.78, 5) is 16.2. The topological polar surface area (TPSA) is 79.1 Å². The highest BCUT2D eigenvalue weighted by Crippen LogP contribution is 2.34. The van der Waals surface area contributed by atoms with Gasteiger partial charge in [-0.15, -0.1) is 0 Å². The lowest BCUT2D eigenvalue weighted by Gasteiger charge is -2.30. The minimum absolute atomic E-state index is 0.443. The summed E-state index contributed by atoms with van der Waals surface area (Å²) in [5.74, 6) is 1.42. The summed E-state index contributed by atoms with van der Waals surface area (Å²) in [6.45, 7) is 2.95. The maximum absolute atomic E-state index is 10.6. The molecule has 1 fully saturated rings. The Morgan fingerprint density at radius 3 is 2.82 bits per heavy atom. The van der Waals surface area contributed by atoms with Crippen LogP contribution in [0.25, 0.3) is 22.4 Å². The molecule has 1 aliphatic heterocycles. The summed E-state index contributed by atoms with van der Waals surface area (Å²) in [5, 5.41) is 15.0. The van der Waals surface area contributed by atoms with E-state index in [1.165, 1.54) is 30.4 Å². The van der Waals surface area contributed by atoms with Gasteiger partial charge in [-0.2, -0.15) is 0 Å². The van der Waals surface area contributed by atoms with Gasteiger partial charge in [0.05, 0.1) is 6.10 Å². The van der Waals surface area contributed by atoms with Crippen LogP contribution in [0.4, 0.5) is 5.82 Å². The molecular formula is C27H30N6O. The predicted octanol–water partition coefficient (Wildman–Crippen LogP) is 4.05. The number of rotatable bonds is 7. The van der Waals surface area contributed by atoms with Gasteiger partial charge >= 0.3 is 0 Å². The lowest BCUT2D eigenvalue weighted by molar-refractivity contribution is 0.114. The van der Waals surface area contributed by atoms with Crippen molar-refractivity contribution in [2.45, 2.75) is 44.4 Å². The first kappa shape index (κ1) is 21.3. The summed E-state index contributed by atoms with van der Waals surface area (Å²) in [7, 11) is 0. The quantitative estimate of drug-likeness (QED) is 0.439. The van der Waals surface area contributed by atoms with Gasteiger partial charge in [0.25, 0.3) is 0 Å². The van der Waals surface area contributed by atoms with Crippen LogP contribution in [0.3, 0.4) is 0 Å². The third-order valence-corrected chi connectivity index (χ3v) is 7.14. The fourth-order valence-electron chi connectivity index (χ4n) is 5.00. The van der Waals surface area contributed by atoms with Crippen LogP contribution in [-0.4, -0.2) is 55.3 Å². The van der Waals surface area contributed by atoms with Gasteiger partial charge in [-0.05, 0) is 55.0 Å². The first-order chi connectivity index (χ1) is 16.7. The Morgan fingerprint density at radius 2 is 1.97 bits per heavy atom. The number of nitrogens with one attached hydrogen (secondary N) is 1. The van der Waals surface area contributed by atoms with Gasteiger partial charge in [0.15, 0.2) is 5.82 Å². The number of nitrogens with zero attached hydrogens (tertiary/aromatic N) is 5. The van der Waals surface area contributed by atoms with Gasteiger partial charge in [0.2, 0.25) is 0 Å². The smallest absolute Gasteiger partial charge is 0.161 e. The summed E-state index contributed by atoms with van der Waals surface area (Å²) >= 11 is 0. The van der Waals surface area contributed by atoms with Crippen molar-refractivity contribution in [2.75, 3.05) is 25.0 Å². The molecular weight excluding hydrogens is 424 g/mol. The Hall–Kier alpha value is -3.29. The average molecular weight is 455 g/mol. The Kier molecular flexibility index (Phi) is 5.73. The molecule has 34 heavy (non-hydrogen) atoms. The lowest BCUT2D eigenvalue weighted by atomic mass is 9.93.